The number of piperazine rings is 1. The maximum Gasteiger partial charge on any atom is 0.227 e. The lowest BCUT2D eigenvalue weighted by atomic mass is 10.1. The third-order valence-electron chi connectivity index (χ3n) is 5.21. The molecule has 1 aliphatic rings. The van der Waals surface area contributed by atoms with Crippen LogP contribution in [0.5, 0.6) is 5.75 Å². The van der Waals surface area contributed by atoms with E-state index in [1.807, 2.05) is 36.7 Å². The highest BCUT2D eigenvalue weighted by molar-refractivity contribution is 5.63. The van der Waals surface area contributed by atoms with E-state index in [0.29, 0.717) is 5.95 Å². The van der Waals surface area contributed by atoms with Crippen molar-refractivity contribution in [3.05, 3.63) is 66.5 Å². The number of aromatic nitrogens is 2. The Kier molecular flexibility index (Phi) is 6.34. The fraction of sp³-hybridized carbons (Fsp3) is 0.304. The van der Waals surface area contributed by atoms with Crippen molar-refractivity contribution in [1.29, 1.82) is 0 Å². The third-order valence-corrected chi connectivity index (χ3v) is 5.21. The van der Waals surface area contributed by atoms with Gasteiger partial charge < -0.3 is 20.3 Å². The first-order valence-electron chi connectivity index (χ1n) is 10.1. The van der Waals surface area contributed by atoms with Crippen molar-refractivity contribution in [3.8, 4) is 16.9 Å². The van der Waals surface area contributed by atoms with Crippen molar-refractivity contribution in [1.82, 2.24) is 20.2 Å². The minimum absolute atomic E-state index is 0.593. The van der Waals surface area contributed by atoms with Crippen molar-refractivity contribution in [2.75, 3.05) is 45.2 Å². The Morgan fingerprint density at radius 1 is 0.931 bits per heavy atom. The van der Waals surface area contributed by atoms with Gasteiger partial charge in [0, 0.05) is 56.4 Å². The summed E-state index contributed by atoms with van der Waals surface area (Å²) in [6, 6.07) is 16.4. The standard InChI is InChI=1S/C23H27N5O/c1-29-22-8-4-19(5-9-22)20-16-25-23(26-17-20)27-21-6-2-18(3-7-21)10-13-28-14-11-24-12-15-28/h2-9,16-17,24H,10-15H2,1H3,(H,25,26,27). The predicted molar refractivity (Wildman–Crippen MR) is 117 cm³/mol. The van der Waals surface area contributed by atoms with Crippen LogP contribution in [-0.4, -0.2) is 54.7 Å². The molecule has 150 valence electrons. The molecule has 0 unspecified atom stereocenters. The second kappa shape index (κ2) is 9.49. The van der Waals surface area contributed by atoms with Gasteiger partial charge in [0.1, 0.15) is 5.75 Å². The second-order valence-corrected chi connectivity index (χ2v) is 7.19. The molecule has 4 rings (SSSR count). The third kappa shape index (κ3) is 5.31. The van der Waals surface area contributed by atoms with E-state index in [9.17, 15) is 0 Å². The SMILES string of the molecule is COc1ccc(-c2cnc(Nc3ccc(CCN4CCNCC4)cc3)nc2)cc1. The highest BCUT2D eigenvalue weighted by Crippen LogP contribution is 2.22. The number of ether oxygens (including phenoxy) is 1. The summed E-state index contributed by atoms with van der Waals surface area (Å²) in [5, 5.41) is 6.67. The summed E-state index contributed by atoms with van der Waals surface area (Å²) in [5.74, 6) is 1.43. The van der Waals surface area contributed by atoms with Gasteiger partial charge in [-0.3, -0.25) is 0 Å². The summed E-state index contributed by atoms with van der Waals surface area (Å²) in [6.07, 6.45) is 4.74. The zero-order valence-corrected chi connectivity index (χ0v) is 16.8. The molecular weight excluding hydrogens is 362 g/mol. The molecular formula is C23H27N5O. The molecule has 0 bridgehead atoms. The highest BCUT2D eigenvalue weighted by Gasteiger charge is 2.09. The topological polar surface area (TPSA) is 62.3 Å². The Bertz CT molecular complexity index is 888. The zero-order chi connectivity index (χ0) is 19.9. The van der Waals surface area contributed by atoms with Gasteiger partial charge in [0.25, 0.3) is 0 Å². The average Bonchev–Trinajstić information content (AvgIpc) is 2.80. The van der Waals surface area contributed by atoms with Crippen LogP contribution >= 0.6 is 0 Å². The number of nitrogens with one attached hydrogen (secondary N) is 2. The molecule has 1 saturated heterocycles. The van der Waals surface area contributed by atoms with E-state index in [4.69, 9.17) is 4.74 Å². The summed E-state index contributed by atoms with van der Waals surface area (Å²) >= 11 is 0. The van der Waals surface area contributed by atoms with Gasteiger partial charge in [-0.15, -0.1) is 0 Å². The molecule has 2 N–H and O–H groups in total. The van der Waals surface area contributed by atoms with E-state index in [0.717, 1.165) is 61.7 Å². The van der Waals surface area contributed by atoms with Crippen LogP contribution in [0.15, 0.2) is 60.9 Å². The Morgan fingerprint density at radius 2 is 1.62 bits per heavy atom. The fourth-order valence-electron chi connectivity index (χ4n) is 3.43. The monoisotopic (exact) mass is 389 g/mol. The Balaban J connectivity index is 1.32. The van der Waals surface area contributed by atoms with Crippen LogP contribution in [0.25, 0.3) is 11.1 Å². The lowest BCUT2D eigenvalue weighted by Gasteiger charge is -2.27. The summed E-state index contributed by atoms with van der Waals surface area (Å²) in [6.45, 7) is 5.59. The molecule has 0 aliphatic carbocycles. The van der Waals surface area contributed by atoms with Crippen molar-refractivity contribution in [2.24, 2.45) is 0 Å². The predicted octanol–water partition coefficient (Wildman–Crippen LogP) is 3.34. The number of benzene rings is 2. The molecule has 3 aromatic rings. The second-order valence-electron chi connectivity index (χ2n) is 7.19. The van der Waals surface area contributed by atoms with Gasteiger partial charge in [-0.2, -0.15) is 0 Å². The number of hydrogen-bond donors (Lipinski definition) is 2. The molecule has 29 heavy (non-hydrogen) atoms. The summed E-state index contributed by atoms with van der Waals surface area (Å²) in [7, 11) is 1.66. The molecule has 0 radical (unpaired) electrons. The smallest absolute Gasteiger partial charge is 0.227 e. The number of anilines is 2. The van der Waals surface area contributed by atoms with Crippen LogP contribution in [-0.2, 0) is 6.42 Å². The molecule has 0 saturated carbocycles. The molecule has 1 fully saturated rings. The van der Waals surface area contributed by atoms with E-state index in [-0.39, 0.29) is 0 Å². The van der Waals surface area contributed by atoms with Crippen molar-refractivity contribution in [2.45, 2.75) is 6.42 Å². The fourth-order valence-corrected chi connectivity index (χ4v) is 3.43. The van der Waals surface area contributed by atoms with Crippen molar-refractivity contribution in [3.63, 3.8) is 0 Å². The van der Waals surface area contributed by atoms with Crippen LogP contribution in [0.1, 0.15) is 5.56 Å². The van der Waals surface area contributed by atoms with Gasteiger partial charge in [0.05, 0.1) is 7.11 Å². The van der Waals surface area contributed by atoms with Crippen LogP contribution in [0.4, 0.5) is 11.6 Å². The summed E-state index contributed by atoms with van der Waals surface area (Å²) in [5.41, 5.74) is 4.38. The van der Waals surface area contributed by atoms with Crippen LogP contribution in [0.3, 0.4) is 0 Å². The molecule has 0 spiro atoms. The molecule has 0 atom stereocenters. The number of nitrogens with zero attached hydrogens (tertiary/aromatic N) is 3. The molecule has 2 aromatic carbocycles. The van der Waals surface area contributed by atoms with Gasteiger partial charge in [0.2, 0.25) is 5.95 Å². The first-order valence-corrected chi connectivity index (χ1v) is 10.1. The summed E-state index contributed by atoms with van der Waals surface area (Å²) < 4.78 is 5.20. The maximum atomic E-state index is 5.20. The van der Waals surface area contributed by atoms with Gasteiger partial charge in [0.15, 0.2) is 0 Å². The Hall–Kier alpha value is -2.96. The van der Waals surface area contributed by atoms with E-state index >= 15 is 0 Å². The van der Waals surface area contributed by atoms with Crippen molar-refractivity contribution >= 4 is 11.6 Å². The van der Waals surface area contributed by atoms with Crippen molar-refractivity contribution < 1.29 is 4.74 Å². The molecule has 0 amide bonds. The van der Waals surface area contributed by atoms with Crippen LogP contribution in [0.2, 0.25) is 0 Å². The Labute approximate surface area is 172 Å². The molecule has 1 aromatic heterocycles. The quantitative estimate of drug-likeness (QED) is 0.646. The Morgan fingerprint density at radius 3 is 2.28 bits per heavy atom. The van der Waals surface area contributed by atoms with E-state index in [1.165, 1.54) is 5.56 Å². The largest absolute Gasteiger partial charge is 0.497 e. The minimum Gasteiger partial charge on any atom is -0.497 e. The highest BCUT2D eigenvalue weighted by atomic mass is 16.5. The molecule has 2 heterocycles. The molecule has 6 nitrogen and oxygen atoms in total. The van der Waals surface area contributed by atoms with E-state index in [2.05, 4.69) is 49.8 Å². The maximum absolute atomic E-state index is 5.20. The average molecular weight is 390 g/mol. The van der Waals surface area contributed by atoms with Gasteiger partial charge >= 0.3 is 0 Å². The zero-order valence-electron chi connectivity index (χ0n) is 16.8. The van der Waals surface area contributed by atoms with Gasteiger partial charge in [-0.25, -0.2) is 9.97 Å². The lowest BCUT2D eigenvalue weighted by Crippen LogP contribution is -2.44. The minimum atomic E-state index is 0.593. The lowest BCUT2D eigenvalue weighted by molar-refractivity contribution is 0.244. The number of rotatable bonds is 7. The number of hydrogen-bond acceptors (Lipinski definition) is 6. The molecule has 6 heteroatoms. The van der Waals surface area contributed by atoms with E-state index < -0.39 is 0 Å². The van der Waals surface area contributed by atoms with Gasteiger partial charge in [-0.05, 0) is 41.8 Å². The van der Waals surface area contributed by atoms with Crippen LogP contribution in [0, 0.1) is 0 Å². The molecule has 1 aliphatic heterocycles. The normalized spacial score (nSPS) is 14.5. The van der Waals surface area contributed by atoms with Crippen LogP contribution < -0.4 is 15.4 Å². The number of methoxy groups -OCH3 is 1. The van der Waals surface area contributed by atoms with E-state index in [1.54, 1.807) is 7.11 Å². The first kappa shape index (κ1) is 19.4. The summed E-state index contributed by atoms with van der Waals surface area (Å²) in [4.78, 5) is 11.4. The first-order chi connectivity index (χ1) is 14.3. The van der Waals surface area contributed by atoms with Gasteiger partial charge in [-0.1, -0.05) is 24.3 Å².